The van der Waals surface area contributed by atoms with Crippen LogP contribution in [-0.2, 0) is 6.54 Å². The summed E-state index contributed by atoms with van der Waals surface area (Å²) in [6, 6.07) is 7.48. The summed E-state index contributed by atoms with van der Waals surface area (Å²) in [5.74, 6) is 3.15. The van der Waals surface area contributed by atoms with Gasteiger partial charge in [-0.2, -0.15) is 4.98 Å². The molecule has 9 nitrogen and oxygen atoms in total. The van der Waals surface area contributed by atoms with Gasteiger partial charge in [-0.1, -0.05) is 12.1 Å². The lowest BCUT2D eigenvalue weighted by Crippen LogP contribution is -2.48. The Bertz CT molecular complexity index is 1020. The second-order valence-electron chi connectivity index (χ2n) is 8.66. The molecule has 2 fully saturated rings. The van der Waals surface area contributed by atoms with Crippen LogP contribution in [0.2, 0.25) is 0 Å². The Balaban J connectivity index is 1.16. The maximum atomic E-state index is 12.4. The molecule has 5 heterocycles. The fourth-order valence-electron chi connectivity index (χ4n) is 4.40. The van der Waals surface area contributed by atoms with E-state index >= 15 is 0 Å². The van der Waals surface area contributed by atoms with Crippen LogP contribution in [0, 0.1) is 5.92 Å². The quantitative estimate of drug-likeness (QED) is 0.603. The van der Waals surface area contributed by atoms with Gasteiger partial charge in [-0.3, -0.25) is 9.69 Å². The molecule has 1 atom stereocenters. The molecule has 0 saturated carbocycles. The molecule has 3 aromatic heterocycles. The molecule has 1 amide bonds. The van der Waals surface area contributed by atoms with Gasteiger partial charge in [0, 0.05) is 51.0 Å². The lowest BCUT2D eigenvalue weighted by Gasteiger charge is -2.33. The van der Waals surface area contributed by atoms with Gasteiger partial charge < -0.3 is 18.7 Å². The van der Waals surface area contributed by atoms with Crippen molar-refractivity contribution >= 4 is 11.7 Å². The van der Waals surface area contributed by atoms with E-state index in [-0.39, 0.29) is 5.91 Å². The Morgan fingerprint density at radius 3 is 2.75 bits per heavy atom. The van der Waals surface area contributed by atoms with Gasteiger partial charge in [0.05, 0.1) is 12.8 Å². The molecule has 0 bridgehead atoms. The van der Waals surface area contributed by atoms with E-state index in [0.717, 1.165) is 37.6 Å². The van der Waals surface area contributed by atoms with Crippen molar-refractivity contribution in [2.75, 3.05) is 44.2 Å². The van der Waals surface area contributed by atoms with E-state index in [1.165, 1.54) is 19.1 Å². The summed E-state index contributed by atoms with van der Waals surface area (Å²) in [4.78, 5) is 27.9. The molecule has 0 radical (unpaired) electrons. The highest BCUT2D eigenvalue weighted by Gasteiger charge is 2.25. The molecule has 0 unspecified atom stereocenters. The van der Waals surface area contributed by atoms with Crippen LogP contribution < -0.4 is 4.90 Å². The maximum Gasteiger partial charge on any atom is 0.289 e. The second-order valence-corrected chi connectivity index (χ2v) is 8.66. The molecule has 2 aliphatic heterocycles. The molecule has 2 saturated heterocycles. The van der Waals surface area contributed by atoms with Gasteiger partial charge in [0.15, 0.2) is 5.76 Å². The third-order valence-corrected chi connectivity index (χ3v) is 6.21. The van der Waals surface area contributed by atoms with Crippen molar-refractivity contribution in [2.24, 2.45) is 5.92 Å². The zero-order chi connectivity index (χ0) is 21.9. The molecular formula is C23H28N6O3. The number of pyridine rings is 1. The number of amides is 1. The average molecular weight is 437 g/mol. The normalized spacial score (nSPS) is 20.0. The van der Waals surface area contributed by atoms with E-state index in [4.69, 9.17) is 8.94 Å². The van der Waals surface area contributed by atoms with E-state index in [0.29, 0.717) is 43.0 Å². The second kappa shape index (κ2) is 9.12. The topological polar surface area (TPSA) is 91.7 Å². The lowest BCUT2D eigenvalue weighted by atomic mass is 10.0. The third-order valence-electron chi connectivity index (χ3n) is 6.21. The van der Waals surface area contributed by atoms with Crippen LogP contribution in [0.3, 0.4) is 0 Å². The van der Waals surface area contributed by atoms with Gasteiger partial charge in [0.25, 0.3) is 5.91 Å². The van der Waals surface area contributed by atoms with Crippen molar-refractivity contribution in [1.82, 2.24) is 24.9 Å². The molecular weight excluding hydrogens is 408 g/mol. The summed E-state index contributed by atoms with van der Waals surface area (Å²) in [6.07, 6.45) is 5.84. The Morgan fingerprint density at radius 1 is 1.16 bits per heavy atom. The summed E-state index contributed by atoms with van der Waals surface area (Å²) in [5, 5.41) is 4.14. The SMILES string of the molecule is C[C@H]1CCCN(c2ccc(-c3noc(CN4CCN(C(=O)c5ccco5)CC4)n3)cn2)C1. The van der Waals surface area contributed by atoms with Crippen molar-refractivity contribution < 1.29 is 13.7 Å². The molecule has 0 N–H and O–H groups in total. The molecule has 168 valence electrons. The summed E-state index contributed by atoms with van der Waals surface area (Å²) in [7, 11) is 0. The Kier molecular flexibility index (Phi) is 5.89. The summed E-state index contributed by atoms with van der Waals surface area (Å²) in [5.41, 5.74) is 0.850. The first kappa shape index (κ1) is 20.7. The molecule has 0 aromatic carbocycles. The minimum absolute atomic E-state index is 0.0651. The van der Waals surface area contributed by atoms with Crippen LogP contribution in [0.25, 0.3) is 11.4 Å². The van der Waals surface area contributed by atoms with E-state index in [1.807, 2.05) is 23.2 Å². The van der Waals surface area contributed by atoms with E-state index in [9.17, 15) is 4.79 Å². The minimum atomic E-state index is -0.0651. The van der Waals surface area contributed by atoms with Crippen LogP contribution in [-0.4, -0.2) is 70.1 Å². The lowest BCUT2D eigenvalue weighted by molar-refractivity contribution is 0.0585. The van der Waals surface area contributed by atoms with Gasteiger partial charge in [0.1, 0.15) is 5.82 Å². The summed E-state index contributed by atoms with van der Waals surface area (Å²) < 4.78 is 10.7. The van der Waals surface area contributed by atoms with Crippen LogP contribution in [0.4, 0.5) is 5.82 Å². The highest BCUT2D eigenvalue weighted by atomic mass is 16.5. The molecule has 0 aliphatic carbocycles. The fraction of sp³-hybridized carbons (Fsp3) is 0.478. The van der Waals surface area contributed by atoms with Gasteiger partial charge in [-0.05, 0) is 43.0 Å². The van der Waals surface area contributed by atoms with Crippen molar-refractivity contribution in [3.8, 4) is 11.4 Å². The predicted octanol–water partition coefficient (Wildman–Crippen LogP) is 2.92. The zero-order valence-electron chi connectivity index (χ0n) is 18.3. The van der Waals surface area contributed by atoms with Crippen molar-refractivity contribution in [2.45, 2.75) is 26.3 Å². The van der Waals surface area contributed by atoms with Crippen LogP contribution in [0.1, 0.15) is 36.2 Å². The van der Waals surface area contributed by atoms with E-state index in [1.54, 1.807) is 12.1 Å². The molecule has 3 aromatic rings. The Morgan fingerprint density at radius 2 is 2.03 bits per heavy atom. The van der Waals surface area contributed by atoms with Crippen molar-refractivity contribution in [3.05, 3.63) is 48.4 Å². The van der Waals surface area contributed by atoms with Gasteiger partial charge in [-0.25, -0.2) is 4.98 Å². The van der Waals surface area contributed by atoms with Crippen molar-refractivity contribution in [1.29, 1.82) is 0 Å². The molecule has 0 spiro atoms. The molecule has 9 heteroatoms. The maximum absolute atomic E-state index is 12.4. The molecule has 2 aliphatic rings. The highest BCUT2D eigenvalue weighted by Crippen LogP contribution is 2.23. The zero-order valence-corrected chi connectivity index (χ0v) is 18.3. The summed E-state index contributed by atoms with van der Waals surface area (Å²) in [6.45, 7) is 7.74. The first-order valence-electron chi connectivity index (χ1n) is 11.2. The minimum Gasteiger partial charge on any atom is -0.459 e. The molecule has 32 heavy (non-hydrogen) atoms. The Labute approximate surface area is 187 Å². The number of rotatable bonds is 5. The number of furan rings is 1. The number of nitrogens with zero attached hydrogens (tertiary/aromatic N) is 6. The fourth-order valence-corrected chi connectivity index (χ4v) is 4.40. The van der Waals surface area contributed by atoms with Crippen LogP contribution in [0.15, 0.2) is 45.7 Å². The third kappa shape index (κ3) is 4.52. The molecule has 5 rings (SSSR count). The number of hydrogen-bond donors (Lipinski definition) is 0. The van der Waals surface area contributed by atoms with Crippen molar-refractivity contribution in [3.63, 3.8) is 0 Å². The summed E-state index contributed by atoms with van der Waals surface area (Å²) >= 11 is 0. The number of carbonyl (C=O) groups excluding carboxylic acids is 1. The van der Waals surface area contributed by atoms with Gasteiger partial charge in [-0.15, -0.1) is 0 Å². The average Bonchev–Trinajstić information content (AvgIpc) is 3.52. The highest BCUT2D eigenvalue weighted by molar-refractivity contribution is 5.91. The largest absolute Gasteiger partial charge is 0.459 e. The van der Waals surface area contributed by atoms with Gasteiger partial charge in [0.2, 0.25) is 11.7 Å². The number of carbonyl (C=O) groups is 1. The predicted molar refractivity (Wildman–Crippen MR) is 118 cm³/mol. The van der Waals surface area contributed by atoms with Crippen LogP contribution >= 0.6 is 0 Å². The first-order valence-corrected chi connectivity index (χ1v) is 11.2. The van der Waals surface area contributed by atoms with Crippen LogP contribution in [0.5, 0.6) is 0 Å². The number of aromatic nitrogens is 3. The standard InChI is InChI=1S/C23H28N6O3/c1-17-4-2-8-29(15-17)20-7-6-18(14-24-20)22-25-21(32-26-22)16-27-9-11-28(12-10-27)23(30)19-5-3-13-31-19/h3,5-7,13-14,17H,2,4,8-12,15-16H2,1H3/t17-/m0/s1. The van der Waals surface area contributed by atoms with Gasteiger partial charge >= 0.3 is 0 Å². The first-order chi connectivity index (χ1) is 15.7. The number of piperazine rings is 1. The number of hydrogen-bond acceptors (Lipinski definition) is 8. The monoisotopic (exact) mass is 436 g/mol. The number of piperidine rings is 1. The number of anilines is 1. The smallest absolute Gasteiger partial charge is 0.289 e. The Hall–Kier alpha value is -3.20. The van der Waals surface area contributed by atoms with E-state index < -0.39 is 0 Å². The van der Waals surface area contributed by atoms with E-state index in [2.05, 4.69) is 31.8 Å².